The average Bonchev–Trinajstić information content (AvgIpc) is 2.76. The maximum Gasteiger partial charge on any atom is 0.227 e. The Kier molecular flexibility index (Phi) is 3.74. The van der Waals surface area contributed by atoms with Crippen LogP contribution in [0.2, 0.25) is 0 Å². The van der Waals surface area contributed by atoms with Crippen molar-refractivity contribution in [3.8, 4) is 0 Å². The molecule has 0 aromatic carbocycles. The molecule has 0 radical (unpaired) electrons. The lowest BCUT2D eigenvalue weighted by Crippen LogP contribution is -2.39. The van der Waals surface area contributed by atoms with Crippen LogP contribution in [-0.2, 0) is 11.3 Å². The van der Waals surface area contributed by atoms with Crippen LogP contribution in [0.3, 0.4) is 0 Å². The highest BCUT2D eigenvalue weighted by atomic mass is 16.2. The molecule has 4 heteroatoms. The molecule has 2 atom stereocenters. The van der Waals surface area contributed by atoms with Crippen LogP contribution in [0.5, 0.6) is 0 Å². The largest absolute Gasteiger partial charge is 0.341 e. The second-order valence-corrected chi connectivity index (χ2v) is 4.75. The smallest absolute Gasteiger partial charge is 0.227 e. The van der Waals surface area contributed by atoms with Crippen molar-refractivity contribution in [3.63, 3.8) is 0 Å². The first-order valence-corrected chi connectivity index (χ1v) is 6.08. The zero-order valence-corrected chi connectivity index (χ0v) is 10.2. The number of hydrogen-bond acceptors (Lipinski definition) is 3. The number of aromatic nitrogens is 1. The van der Waals surface area contributed by atoms with E-state index in [0.29, 0.717) is 6.54 Å². The minimum Gasteiger partial charge on any atom is -0.341 e. The third-order valence-electron chi connectivity index (χ3n) is 3.43. The summed E-state index contributed by atoms with van der Waals surface area (Å²) in [5, 5.41) is 0. The maximum atomic E-state index is 12.2. The van der Waals surface area contributed by atoms with Crippen LogP contribution in [-0.4, -0.2) is 28.9 Å². The van der Waals surface area contributed by atoms with Crippen molar-refractivity contribution >= 4 is 5.91 Å². The van der Waals surface area contributed by atoms with Gasteiger partial charge in [-0.05, 0) is 30.5 Å². The fourth-order valence-corrected chi connectivity index (χ4v) is 2.42. The van der Waals surface area contributed by atoms with Crippen LogP contribution < -0.4 is 5.73 Å². The molecule has 2 rings (SSSR count). The molecule has 1 aromatic rings. The molecule has 0 bridgehead atoms. The Labute approximate surface area is 102 Å². The average molecular weight is 233 g/mol. The van der Waals surface area contributed by atoms with Crippen LogP contribution in [0, 0.1) is 5.92 Å². The molecule has 2 N–H and O–H groups in total. The minimum atomic E-state index is 0.0156. The summed E-state index contributed by atoms with van der Waals surface area (Å²) in [6.07, 6.45) is 6.46. The highest BCUT2D eigenvalue weighted by molar-refractivity contribution is 5.79. The topological polar surface area (TPSA) is 59.2 Å². The summed E-state index contributed by atoms with van der Waals surface area (Å²) < 4.78 is 0. The summed E-state index contributed by atoms with van der Waals surface area (Å²) >= 11 is 0. The van der Waals surface area contributed by atoms with E-state index in [4.69, 9.17) is 5.73 Å². The van der Waals surface area contributed by atoms with Crippen molar-refractivity contribution in [2.45, 2.75) is 31.8 Å². The summed E-state index contributed by atoms with van der Waals surface area (Å²) in [6, 6.07) is 3.90. The second-order valence-electron chi connectivity index (χ2n) is 4.75. The van der Waals surface area contributed by atoms with Crippen LogP contribution in [0.4, 0.5) is 0 Å². The van der Waals surface area contributed by atoms with Gasteiger partial charge >= 0.3 is 0 Å². The highest BCUT2D eigenvalue weighted by Gasteiger charge is 2.32. The van der Waals surface area contributed by atoms with Gasteiger partial charge in [-0.25, -0.2) is 0 Å². The second kappa shape index (κ2) is 5.27. The summed E-state index contributed by atoms with van der Waals surface area (Å²) in [5.74, 6) is 0.189. The molecule has 0 aliphatic heterocycles. The third-order valence-corrected chi connectivity index (χ3v) is 3.43. The van der Waals surface area contributed by atoms with Crippen molar-refractivity contribution < 1.29 is 4.79 Å². The number of hydrogen-bond donors (Lipinski definition) is 1. The Bertz CT molecular complexity index is 380. The van der Waals surface area contributed by atoms with E-state index in [-0.39, 0.29) is 17.9 Å². The molecule has 0 saturated heterocycles. The van der Waals surface area contributed by atoms with Gasteiger partial charge in [0.15, 0.2) is 0 Å². The number of rotatable bonds is 3. The van der Waals surface area contributed by atoms with E-state index in [0.717, 1.165) is 24.8 Å². The highest BCUT2D eigenvalue weighted by Crippen LogP contribution is 2.25. The molecule has 1 aliphatic carbocycles. The Morgan fingerprint density at radius 2 is 2.18 bits per heavy atom. The fourth-order valence-electron chi connectivity index (χ4n) is 2.42. The van der Waals surface area contributed by atoms with Crippen molar-refractivity contribution in [2.24, 2.45) is 11.7 Å². The molecule has 0 spiro atoms. The van der Waals surface area contributed by atoms with Crippen LogP contribution >= 0.6 is 0 Å². The molecular formula is C13H19N3O. The lowest BCUT2D eigenvalue weighted by molar-refractivity contribution is -0.134. The van der Waals surface area contributed by atoms with Crippen LogP contribution in [0.1, 0.15) is 24.8 Å². The van der Waals surface area contributed by atoms with Gasteiger partial charge in [-0.1, -0.05) is 6.42 Å². The predicted molar refractivity (Wildman–Crippen MR) is 66.0 cm³/mol. The van der Waals surface area contributed by atoms with Gasteiger partial charge in [0.1, 0.15) is 0 Å². The third kappa shape index (κ3) is 2.82. The van der Waals surface area contributed by atoms with E-state index in [1.54, 1.807) is 17.3 Å². The van der Waals surface area contributed by atoms with Crippen molar-refractivity contribution in [2.75, 3.05) is 7.05 Å². The zero-order chi connectivity index (χ0) is 12.3. The zero-order valence-electron chi connectivity index (χ0n) is 10.2. The van der Waals surface area contributed by atoms with Gasteiger partial charge < -0.3 is 10.6 Å². The van der Waals surface area contributed by atoms with Crippen molar-refractivity contribution in [3.05, 3.63) is 30.1 Å². The van der Waals surface area contributed by atoms with Crippen molar-refractivity contribution in [1.82, 2.24) is 9.88 Å². The number of carbonyl (C=O) groups excluding carboxylic acids is 1. The molecule has 1 amide bonds. The van der Waals surface area contributed by atoms with Crippen LogP contribution in [0.25, 0.3) is 0 Å². The molecule has 92 valence electrons. The van der Waals surface area contributed by atoms with E-state index >= 15 is 0 Å². The SMILES string of the molecule is CN(Cc1ccncc1)C(=O)C1CCCC1N. The van der Waals surface area contributed by atoms with E-state index in [9.17, 15) is 4.79 Å². The Morgan fingerprint density at radius 3 is 2.76 bits per heavy atom. The number of carbonyl (C=O) groups is 1. The lowest BCUT2D eigenvalue weighted by Gasteiger charge is -2.23. The van der Waals surface area contributed by atoms with Gasteiger partial charge in [0, 0.05) is 32.0 Å². The first-order chi connectivity index (χ1) is 8.18. The molecule has 1 fully saturated rings. The Balaban J connectivity index is 1.96. The number of nitrogens with zero attached hydrogens (tertiary/aromatic N) is 2. The molecule has 1 aromatic heterocycles. The molecular weight excluding hydrogens is 214 g/mol. The summed E-state index contributed by atoms with van der Waals surface area (Å²) in [5.41, 5.74) is 7.05. The van der Waals surface area contributed by atoms with Crippen molar-refractivity contribution in [1.29, 1.82) is 0 Å². The van der Waals surface area contributed by atoms with E-state index in [1.165, 1.54) is 0 Å². The molecule has 4 nitrogen and oxygen atoms in total. The van der Waals surface area contributed by atoms with Gasteiger partial charge in [0.2, 0.25) is 5.91 Å². The Morgan fingerprint density at radius 1 is 1.47 bits per heavy atom. The predicted octanol–water partition coefficient (Wildman–Crippen LogP) is 1.17. The standard InChI is InChI=1S/C13H19N3O/c1-16(9-10-5-7-15-8-6-10)13(17)11-3-2-4-12(11)14/h5-8,11-12H,2-4,9,14H2,1H3. The fraction of sp³-hybridized carbons (Fsp3) is 0.538. The number of pyridine rings is 1. The summed E-state index contributed by atoms with van der Waals surface area (Å²) in [7, 11) is 1.84. The Hall–Kier alpha value is -1.42. The first-order valence-electron chi connectivity index (χ1n) is 6.08. The molecule has 17 heavy (non-hydrogen) atoms. The van der Waals surface area contributed by atoms with Gasteiger partial charge in [0.25, 0.3) is 0 Å². The number of amides is 1. The first kappa shape index (κ1) is 12.0. The molecule has 1 saturated carbocycles. The van der Waals surface area contributed by atoms with E-state index < -0.39 is 0 Å². The normalized spacial score (nSPS) is 23.6. The minimum absolute atomic E-state index is 0.0156. The maximum absolute atomic E-state index is 12.2. The quantitative estimate of drug-likeness (QED) is 0.852. The monoisotopic (exact) mass is 233 g/mol. The summed E-state index contributed by atoms with van der Waals surface area (Å²) in [4.78, 5) is 17.9. The van der Waals surface area contributed by atoms with Gasteiger partial charge in [-0.15, -0.1) is 0 Å². The molecule has 2 unspecified atom stereocenters. The molecule has 1 heterocycles. The molecule has 1 aliphatic rings. The lowest BCUT2D eigenvalue weighted by atomic mass is 10.0. The van der Waals surface area contributed by atoms with E-state index in [2.05, 4.69) is 4.98 Å². The van der Waals surface area contributed by atoms with Crippen LogP contribution in [0.15, 0.2) is 24.5 Å². The van der Waals surface area contributed by atoms with Gasteiger partial charge in [-0.3, -0.25) is 9.78 Å². The summed E-state index contributed by atoms with van der Waals surface area (Å²) in [6.45, 7) is 0.630. The van der Waals surface area contributed by atoms with Gasteiger partial charge in [-0.2, -0.15) is 0 Å². The van der Waals surface area contributed by atoms with E-state index in [1.807, 2.05) is 19.2 Å². The number of nitrogens with two attached hydrogens (primary N) is 1. The van der Waals surface area contributed by atoms with Gasteiger partial charge in [0.05, 0.1) is 5.92 Å².